The molecule has 0 N–H and O–H groups in total. The number of benzene rings is 1. The quantitative estimate of drug-likeness (QED) is 0.597. The minimum atomic E-state index is -1.94. The summed E-state index contributed by atoms with van der Waals surface area (Å²) in [7, 11) is -0.288. The van der Waals surface area contributed by atoms with E-state index in [1.54, 1.807) is 13.4 Å². The number of carbonyl (C=O) groups is 1. The van der Waals surface area contributed by atoms with E-state index in [0.717, 1.165) is 37.0 Å². The van der Waals surface area contributed by atoms with Crippen molar-refractivity contribution in [2.45, 2.75) is 44.4 Å². The van der Waals surface area contributed by atoms with Crippen molar-refractivity contribution in [2.24, 2.45) is 0 Å². The number of methoxy groups -OCH3 is 1. The highest BCUT2D eigenvalue weighted by atomic mass is 32.2. The summed E-state index contributed by atoms with van der Waals surface area (Å²) in [6.45, 7) is 2.04. The lowest BCUT2D eigenvalue weighted by Gasteiger charge is -2.35. The Balaban J connectivity index is 2.19. The van der Waals surface area contributed by atoms with Crippen LogP contribution in [0.3, 0.4) is 0 Å². The molecule has 0 heterocycles. The Hall–Kier alpha value is -1.29. The van der Waals surface area contributed by atoms with Gasteiger partial charge in [0.1, 0.15) is 11.5 Å². The van der Waals surface area contributed by atoms with Crippen molar-refractivity contribution in [3.63, 3.8) is 0 Å². The normalized spacial score (nSPS) is 23.7. The number of carbonyl (C=O) groups excluding carboxylic acids is 1. The summed E-state index contributed by atoms with van der Waals surface area (Å²) >= 11 is 0. The molecule has 0 amide bonds. The standard InChI is InChI=1S/C18H26O3S/c1-18(11-5-6-12-22(3,4)20)16-13-15(21-2)9-7-14(16)8-10-17(18)19/h7,9,13H,3,5-6,8,10-12H2,1-2,4H3. The summed E-state index contributed by atoms with van der Waals surface area (Å²) < 4.78 is 17.0. The number of aryl methyl sites for hydroxylation is 1. The first-order valence-electron chi connectivity index (χ1n) is 7.77. The number of ether oxygens (including phenoxy) is 1. The third-order valence-corrected chi connectivity index (χ3v) is 5.80. The lowest BCUT2D eigenvalue weighted by atomic mass is 9.68. The zero-order valence-corrected chi connectivity index (χ0v) is 14.6. The minimum Gasteiger partial charge on any atom is -0.497 e. The molecule has 2 rings (SSSR count). The van der Waals surface area contributed by atoms with Crippen molar-refractivity contribution in [1.29, 1.82) is 0 Å². The third-order valence-electron chi connectivity index (χ3n) is 4.65. The molecule has 0 aliphatic heterocycles. The van der Waals surface area contributed by atoms with Gasteiger partial charge in [-0.15, -0.1) is 0 Å². The van der Waals surface area contributed by atoms with Crippen molar-refractivity contribution in [1.82, 2.24) is 0 Å². The molecule has 1 aromatic rings. The number of fused-ring (bicyclic) bond motifs is 1. The molecule has 0 radical (unpaired) electrons. The van der Waals surface area contributed by atoms with Crippen LogP contribution in [-0.2, 0) is 26.2 Å². The van der Waals surface area contributed by atoms with E-state index in [1.807, 2.05) is 19.1 Å². The van der Waals surface area contributed by atoms with Crippen LogP contribution < -0.4 is 4.74 Å². The fourth-order valence-electron chi connectivity index (χ4n) is 3.25. The summed E-state index contributed by atoms with van der Waals surface area (Å²) in [6, 6.07) is 6.05. The highest BCUT2D eigenvalue weighted by Gasteiger charge is 2.39. The van der Waals surface area contributed by atoms with Gasteiger partial charge in [0.25, 0.3) is 0 Å². The number of rotatable bonds is 6. The topological polar surface area (TPSA) is 43.4 Å². The SMILES string of the molecule is C=S(C)(=O)CCCCC1(C)C(=O)CCc2ccc(OC)cc21. The number of unbranched alkanes of at least 4 members (excludes halogenated alkanes) is 1. The molecule has 2 atom stereocenters. The average molecular weight is 322 g/mol. The molecule has 1 aliphatic rings. The van der Waals surface area contributed by atoms with Crippen LogP contribution in [0.2, 0.25) is 0 Å². The van der Waals surface area contributed by atoms with Gasteiger partial charge in [0.2, 0.25) is 0 Å². The lowest BCUT2D eigenvalue weighted by Crippen LogP contribution is -2.37. The molecular weight excluding hydrogens is 296 g/mol. The summed E-state index contributed by atoms with van der Waals surface area (Å²) in [5, 5.41) is 0. The molecule has 1 aliphatic carbocycles. The molecule has 122 valence electrons. The second-order valence-electron chi connectivity index (χ2n) is 6.62. The predicted molar refractivity (Wildman–Crippen MR) is 93.6 cm³/mol. The number of Topliss-reactive ketones (excluding diaryl/α,β-unsaturated/α-hetero) is 1. The molecule has 0 saturated heterocycles. The van der Waals surface area contributed by atoms with Gasteiger partial charge in [0.15, 0.2) is 0 Å². The maximum Gasteiger partial charge on any atom is 0.143 e. The fraction of sp³-hybridized carbons (Fsp3) is 0.556. The zero-order valence-electron chi connectivity index (χ0n) is 13.8. The van der Waals surface area contributed by atoms with Gasteiger partial charge in [0.05, 0.1) is 12.5 Å². The summed E-state index contributed by atoms with van der Waals surface area (Å²) in [5.41, 5.74) is 1.91. The van der Waals surface area contributed by atoms with Crippen LogP contribution in [0.4, 0.5) is 0 Å². The second-order valence-corrected chi connectivity index (χ2v) is 9.40. The zero-order chi connectivity index (χ0) is 16.4. The van der Waals surface area contributed by atoms with E-state index < -0.39 is 14.9 Å². The van der Waals surface area contributed by atoms with Gasteiger partial charge in [-0.2, -0.15) is 0 Å². The van der Waals surface area contributed by atoms with Gasteiger partial charge in [0, 0.05) is 18.4 Å². The second kappa shape index (κ2) is 6.45. The van der Waals surface area contributed by atoms with Gasteiger partial charge >= 0.3 is 0 Å². The average Bonchev–Trinajstić information content (AvgIpc) is 2.47. The molecule has 4 heteroatoms. The van der Waals surface area contributed by atoms with Crippen molar-refractivity contribution in [2.75, 3.05) is 19.1 Å². The predicted octanol–water partition coefficient (Wildman–Crippen LogP) is 2.98. The molecular formula is C18H26O3S. The smallest absolute Gasteiger partial charge is 0.143 e. The van der Waals surface area contributed by atoms with E-state index >= 15 is 0 Å². The molecule has 0 spiro atoms. The Morgan fingerprint density at radius 3 is 2.68 bits per heavy atom. The van der Waals surface area contributed by atoms with E-state index in [4.69, 9.17) is 4.74 Å². The molecule has 2 unspecified atom stereocenters. The van der Waals surface area contributed by atoms with E-state index in [-0.39, 0.29) is 0 Å². The van der Waals surface area contributed by atoms with Gasteiger partial charge in [-0.1, -0.05) is 12.5 Å². The van der Waals surface area contributed by atoms with Crippen LogP contribution >= 0.6 is 0 Å². The first-order valence-corrected chi connectivity index (χ1v) is 10.1. The van der Waals surface area contributed by atoms with Crippen LogP contribution in [0.15, 0.2) is 18.2 Å². The maximum atomic E-state index is 12.6. The molecule has 1 aromatic carbocycles. The number of ketones is 1. The molecule has 0 saturated carbocycles. The Morgan fingerprint density at radius 1 is 1.32 bits per heavy atom. The van der Waals surface area contributed by atoms with Crippen LogP contribution in [0, 0.1) is 0 Å². The van der Waals surface area contributed by atoms with Crippen LogP contribution in [0.5, 0.6) is 5.75 Å². The fourth-order valence-corrected chi connectivity index (χ4v) is 4.06. The van der Waals surface area contributed by atoms with E-state index in [9.17, 15) is 9.00 Å². The molecule has 0 bridgehead atoms. The third kappa shape index (κ3) is 3.72. The Kier molecular flexibility index (Phi) is 5.00. The molecule has 22 heavy (non-hydrogen) atoms. The van der Waals surface area contributed by atoms with E-state index in [1.165, 1.54) is 5.56 Å². The van der Waals surface area contributed by atoms with Crippen molar-refractivity contribution in [3.8, 4) is 5.75 Å². The number of hydrogen-bond donors (Lipinski definition) is 0. The van der Waals surface area contributed by atoms with Gasteiger partial charge in [-0.3, -0.25) is 9.00 Å². The Labute approximate surface area is 134 Å². The van der Waals surface area contributed by atoms with Crippen molar-refractivity contribution < 1.29 is 13.7 Å². The van der Waals surface area contributed by atoms with E-state index in [0.29, 0.717) is 18.0 Å². The first-order chi connectivity index (χ1) is 10.3. The van der Waals surface area contributed by atoms with Crippen LogP contribution in [-0.4, -0.2) is 35.0 Å². The lowest BCUT2D eigenvalue weighted by molar-refractivity contribution is -0.124. The highest BCUT2D eigenvalue weighted by molar-refractivity contribution is 7.99. The van der Waals surface area contributed by atoms with Crippen molar-refractivity contribution in [3.05, 3.63) is 29.3 Å². The minimum absolute atomic E-state index is 0.306. The monoisotopic (exact) mass is 322 g/mol. The summed E-state index contributed by atoms with van der Waals surface area (Å²) in [4.78, 5) is 12.6. The first kappa shape index (κ1) is 17.1. The van der Waals surface area contributed by atoms with Crippen LogP contribution in [0.25, 0.3) is 0 Å². The molecule has 0 fully saturated rings. The molecule has 0 aromatic heterocycles. The van der Waals surface area contributed by atoms with Gasteiger partial charge in [-0.25, -0.2) is 0 Å². The highest BCUT2D eigenvalue weighted by Crippen LogP contribution is 2.40. The van der Waals surface area contributed by atoms with Crippen LogP contribution in [0.1, 0.15) is 43.7 Å². The molecule has 3 nitrogen and oxygen atoms in total. The van der Waals surface area contributed by atoms with E-state index in [2.05, 4.69) is 11.9 Å². The number of hydrogen-bond acceptors (Lipinski definition) is 3. The Bertz CT molecular complexity index is 661. The van der Waals surface area contributed by atoms with Gasteiger partial charge in [-0.05, 0) is 64.8 Å². The van der Waals surface area contributed by atoms with Crippen molar-refractivity contribution >= 4 is 21.2 Å². The Morgan fingerprint density at radius 2 is 2.05 bits per heavy atom. The van der Waals surface area contributed by atoms with Gasteiger partial charge < -0.3 is 4.74 Å². The maximum absolute atomic E-state index is 12.6. The largest absolute Gasteiger partial charge is 0.497 e. The summed E-state index contributed by atoms with van der Waals surface area (Å²) in [5.74, 6) is 5.42. The summed E-state index contributed by atoms with van der Waals surface area (Å²) in [6.07, 6.45) is 5.65.